The predicted molar refractivity (Wildman–Crippen MR) is 39.7 cm³/mol. The van der Waals surface area contributed by atoms with Crippen LogP contribution in [0.25, 0.3) is 0 Å². The zero-order chi connectivity index (χ0) is 9.90. The largest absolute Gasteiger partial charge is 0.414 e. The van der Waals surface area contributed by atoms with Crippen molar-refractivity contribution >= 4 is 0 Å². The predicted octanol–water partition coefficient (Wildman–Crippen LogP) is 1.26. The van der Waals surface area contributed by atoms with Crippen LogP contribution < -0.4 is 5.32 Å². The van der Waals surface area contributed by atoms with Crippen molar-refractivity contribution in [2.24, 2.45) is 0 Å². The van der Waals surface area contributed by atoms with E-state index in [1.54, 1.807) is 0 Å². The van der Waals surface area contributed by atoms with E-state index in [0.29, 0.717) is 13.1 Å². The summed E-state index contributed by atoms with van der Waals surface area (Å²) in [6.45, 7) is 1.58. The Morgan fingerprint density at radius 2 is 1.77 bits per heavy atom. The molecule has 0 saturated carbocycles. The molecular weight excluding hydrogens is 188 g/mol. The van der Waals surface area contributed by atoms with Crippen molar-refractivity contribution in [3.8, 4) is 0 Å². The van der Waals surface area contributed by atoms with Crippen molar-refractivity contribution in [3.63, 3.8) is 0 Å². The fraction of sp³-hybridized carbons (Fsp3) is 0.714. The summed E-state index contributed by atoms with van der Waals surface area (Å²) >= 11 is 0. The molecule has 1 fully saturated rings. The lowest BCUT2D eigenvalue weighted by molar-refractivity contribution is -0.0830. The number of nitrogens with zero attached hydrogens (tertiary/aromatic N) is 1. The highest BCUT2D eigenvalue weighted by Gasteiger charge is 2.27. The zero-order valence-corrected chi connectivity index (χ0v) is 6.86. The Labute approximate surface area is 73.2 Å². The van der Waals surface area contributed by atoms with Gasteiger partial charge in [0.2, 0.25) is 0 Å². The summed E-state index contributed by atoms with van der Waals surface area (Å²) in [4.78, 5) is 1.07. The molecule has 0 atom stereocenters. The summed E-state index contributed by atoms with van der Waals surface area (Å²) in [5, 5.41) is 2.92. The molecule has 1 rings (SSSR count). The molecule has 0 bridgehead atoms. The molecule has 1 N–H and O–H groups in total. The van der Waals surface area contributed by atoms with E-state index in [9.17, 15) is 17.6 Å². The highest BCUT2D eigenvalue weighted by molar-refractivity contribution is 4.97. The first-order chi connectivity index (χ1) is 5.99. The third kappa shape index (κ3) is 3.63. The second-order valence-electron chi connectivity index (χ2n) is 2.75. The fourth-order valence-corrected chi connectivity index (χ4v) is 1.10. The Morgan fingerprint density at radius 3 is 2.23 bits per heavy atom. The average molecular weight is 198 g/mol. The van der Waals surface area contributed by atoms with E-state index >= 15 is 0 Å². The van der Waals surface area contributed by atoms with Crippen LogP contribution >= 0.6 is 0 Å². The minimum Gasteiger partial charge on any atom is -0.346 e. The molecule has 1 aliphatic rings. The SMILES string of the molecule is F/C(=C\C(F)(F)F)N1CCNCC1. The lowest BCUT2D eigenvalue weighted by Crippen LogP contribution is -2.42. The van der Waals surface area contributed by atoms with Crippen molar-refractivity contribution in [3.05, 3.63) is 12.0 Å². The number of hydrogen-bond donors (Lipinski definition) is 1. The van der Waals surface area contributed by atoms with Crippen LogP contribution in [0.15, 0.2) is 12.0 Å². The Kier molecular flexibility index (Phi) is 3.13. The minimum absolute atomic E-state index is 0.276. The summed E-state index contributed by atoms with van der Waals surface area (Å²) in [6, 6.07) is 0. The van der Waals surface area contributed by atoms with E-state index in [1.165, 1.54) is 0 Å². The first-order valence-electron chi connectivity index (χ1n) is 3.90. The molecule has 1 aliphatic heterocycles. The van der Waals surface area contributed by atoms with Crippen molar-refractivity contribution in [2.45, 2.75) is 6.18 Å². The van der Waals surface area contributed by atoms with Gasteiger partial charge in [0, 0.05) is 26.2 Å². The Bertz CT molecular complexity index is 193. The molecule has 0 aromatic rings. The molecule has 1 heterocycles. The van der Waals surface area contributed by atoms with Gasteiger partial charge in [-0.05, 0) is 0 Å². The van der Waals surface area contributed by atoms with Gasteiger partial charge in [0.05, 0.1) is 6.08 Å². The molecule has 0 aromatic heterocycles. The van der Waals surface area contributed by atoms with Crippen LogP contribution in [-0.4, -0.2) is 37.3 Å². The molecule has 0 amide bonds. The van der Waals surface area contributed by atoms with E-state index in [1.807, 2.05) is 0 Å². The maximum absolute atomic E-state index is 12.8. The maximum Gasteiger partial charge on any atom is 0.414 e. The number of alkyl halides is 3. The molecular formula is C7H10F4N2. The van der Waals surface area contributed by atoms with Crippen molar-refractivity contribution < 1.29 is 17.6 Å². The highest BCUT2D eigenvalue weighted by Crippen LogP contribution is 2.20. The van der Waals surface area contributed by atoms with Crippen molar-refractivity contribution in [1.82, 2.24) is 10.2 Å². The normalized spacial score (nSPS) is 20.6. The van der Waals surface area contributed by atoms with E-state index in [4.69, 9.17) is 0 Å². The second kappa shape index (κ2) is 3.95. The summed E-state index contributed by atoms with van der Waals surface area (Å²) in [7, 11) is 0. The second-order valence-corrected chi connectivity index (χ2v) is 2.75. The van der Waals surface area contributed by atoms with Gasteiger partial charge in [0.1, 0.15) is 0 Å². The topological polar surface area (TPSA) is 15.3 Å². The van der Waals surface area contributed by atoms with Crippen LogP contribution in [0.3, 0.4) is 0 Å². The quantitative estimate of drug-likeness (QED) is 0.504. The molecule has 0 spiro atoms. The van der Waals surface area contributed by atoms with Gasteiger partial charge in [-0.25, -0.2) is 0 Å². The lowest BCUT2D eigenvalue weighted by atomic mass is 10.4. The first-order valence-corrected chi connectivity index (χ1v) is 3.90. The average Bonchev–Trinajstić information content (AvgIpc) is 2.03. The Balaban J connectivity index is 2.54. The van der Waals surface area contributed by atoms with Gasteiger partial charge in [-0.1, -0.05) is 0 Å². The molecule has 2 nitrogen and oxygen atoms in total. The third-order valence-electron chi connectivity index (χ3n) is 1.70. The van der Waals surface area contributed by atoms with Gasteiger partial charge in [-0.3, -0.25) is 0 Å². The molecule has 0 aliphatic carbocycles. The summed E-state index contributed by atoms with van der Waals surface area (Å²) in [6.07, 6.45) is -4.88. The van der Waals surface area contributed by atoms with Crippen LogP contribution in [0.2, 0.25) is 0 Å². The van der Waals surface area contributed by atoms with Gasteiger partial charge in [0.25, 0.3) is 0 Å². The smallest absolute Gasteiger partial charge is 0.346 e. The van der Waals surface area contributed by atoms with Gasteiger partial charge in [0.15, 0.2) is 5.95 Å². The van der Waals surface area contributed by atoms with Crippen LogP contribution in [-0.2, 0) is 0 Å². The molecule has 6 heteroatoms. The molecule has 76 valence electrons. The van der Waals surface area contributed by atoms with Crippen molar-refractivity contribution in [2.75, 3.05) is 26.2 Å². The Hall–Kier alpha value is -0.780. The number of piperazine rings is 1. The molecule has 1 saturated heterocycles. The van der Waals surface area contributed by atoms with Crippen LogP contribution in [0.4, 0.5) is 17.6 Å². The number of hydrogen-bond acceptors (Lipinski definition) is 2. The summed E-state index contributed by atoms with van der Waals surface area (Å²) < 4.78 is 47.9. The Morgan fingerprint density at radius 1 is 1.23 bits per heavy atom. The number of halogens is 4. The van der Waals surface area contributed by atoms with E-state index < -0.39 is 12.1 Å². The number of rotatable bonds is 1. The van der Waals surface area contributed by atoms with Gasteiger partial charge < -0.3 is 10.2 Å². The summed E-state index contributed by atoms with van der Waals surface area (Å²) in [5.74, 6) is -1.20. The van der Waals surface area contributed by atoms with Crippen LogP contribution in [0.5, 0.6) is 0 Å². The number of allylic oxidation sites excluding steroid dienone is 1. The third-order valence-corrected chi connectivity index (χ3v) is 1.70. The van der Waals surface area contributed by atoms with E-state index in [0.717, 1.165) is 4.90 Å². The standard InChI is InChI=1S/C7H10F4N2/c8-6(5-7(9,10)11)13-3-1-12-2-4-13/h5,12H,1-4H2/b6-5+. The number of nitrogens with one attached hydrogen (secondary N) is 1. The van der Waals surface area contributed by atoms with Crippen LogP contribution in [0, 0.1) is 0 Å². The van der Waals surface area contributed by atoms with Gasteiger partial charge in [-0.15, -0.1) is 0 Å². The van der Waals surface area contributed by atoms with E-state index in [-0.39, 0.29) is 19.2 Å². The first kappa shape index (κ1) is 10.3. The monoisotopic (exact) mass is 198 g/mol. The summed E-state index contributed by atoms with van der Waals surface area (Å²) in [5.41, 5.74) is 0. The molecule has 13 heavy (non-hydrogen) atoms. The van der Waals surface area contributed by atoms with Crippen LogP contribution in [0.1, 0.15) is 0 Å². The molecule has 0 aromatic carbocycles. The van der Waals surface area contributed by atoms with Gasteiger partial charge >= 0.3 is 6.18 Å². The molecule has 0 unspecified atom stereocenters. The fourth-order valence-electron chi connectivity index (χ4n) is 1.10. The highest BCUT2D eigenvalue weighted by atomic mass is 19.4. The lowest BCUT2D eigenvalue weighted by Gasteiger charge is -2.27. The zero-order valence-electron chi connectivity index (χ0n) is 6.86. The van der Waals surface area contributed by atoms with Crippen molar-refractivity contribution in [1.29, 1.82) is 0 Å². The molecule has 0 radical (unpaired) electrons. The van der Waals surface area contributed by atoms with E-state index in [2.05, 4.69) is 5.32 Å². The maximum atomic E-state index is 12.8. The van der Waals surface area contributed by atoms with Gasteiger partial charge in [-0.2, -0.15) is 17.6 Å². The minimum atomic E-state index is -4.57.